The van der Waals surface area contributed by atoms with E-state index in [2.05, 4.69) is 9.97 Å². The molecule has 0 unspecified atom stereocenters. The minimum absolute atomic E-state index is 0.104. The Labute approximate surface area is 152 Å². The molecule has 6 nitrogen and oxygen atoms in total. The first-order valence-electron chi connectivity index (χ1n) is 8.21. The van der Waals surface area contributed by atoms with Gasteiger partial charge in [-0.2, -0.15) is 0 Å². The topological polar surface area (TPSA) is 64.6 Å². The van der Waals surface area contributed by atoms with Crippen LogP contribution in [-0.4, -0.2) is 29.5 Å². The molecule has 0 aliphatic carbocycles. The van der Waals surface area contributed by atoms with Gasteiger partial charge in [0.2, 0.25) is 5.88 Å². The zero-order valence-corrected chi connectivity index (χ0v) is 14.6. The molecule has 3 aromatic rings. The number of benzene rings is 1. The number of rotatable bonds is 6. The monoisotopic (exact) mass is 349 g/mol. The summed E-state index contributed by atoms with van der Waals surface area (Å²) in [6.45, 7) is 2.45. The molecular weight excluding hydrogens is 330 g/mol. The quantitative estimate of drug-likeness (QED) is 0.674. The lowest BCUT2D eigenvalue weighted by atomic mass is 10.2. The zero-order valence-electron chi connectivity index (χ0n) is 14.6. The summed E-state index contributed by atoms with van der Waals surface area (Å²) in [4.78, 5) is 22.6. The maximum atomic E-state index is 12.8. The second-order valence-electron chi connectivity index (χ2n) is 5.42. The third-order valence-electron chi connectivity index (χ3n) is 3.77. The van der Waals surface area contributed by atoms with Gasteiger partial charge in [0, 0.05) is 24.4 Å². The lowest BCUT2D eigenvalue weighted by molar-refractivity contribution is 0.0988. The molecular formula is C20H19N3O3. The Morgan fingerprint density at radius 3 is 2.42 bits per heavy atom. The summed E-state index contributed by atoms with van der Waals surface area (Å²) >= 11 is 0. The first-order chi connectivity index (χ1) is 12.7. The number of methoxy groups -OCH3 is 1. The highest BCUT2D eigenvalue weighted by molar-refractivity contribution is 6.06. The Morgan fingerprint density at radius 1 is 1.04 bits per heavy atom. The molecule has 0 saturated heterocycles. The fraction of sp³-hybridized carbons (Fsp3) is 0.150. The minimum Gasteiger partial charge on any atom is -0.481 e. The second kappa shape index (κ2) is 8.11. The number of hydrogen-bond donors (Lipinski definition) is 0. The van der Waals surface area contributed by atoms with Crippen LogP contribution in [0.15, 0.2) is 67.1 Å². The highest BCUT2D eigenvalue weighted by atomic mass is 16.5. The van der Waals surface area contributed by atoms with Gasteiger partial charge >= 0.3 is 0 Å². The van der Waals surface area contributed by atoms with Crippen molar-refractivity contribution < 1.29 is 14.3 Å². The normalized spacial score (nSPS) is 10.2. The molecule has 26 heavy (non-hydrogen) atoms. The van der Waals surface area contributed by atoms with Crippen LogP contribution in [-0.2, 0) is 0 Å². The second-order valence-corrected chi connectivity index (χ2v) is 5.42. The van der Waals surface area contributed by atoms with Crippen LogP contribution >= 0.6 is 0 Å². The van der Waals surface area contributed by atoms with E-state index in [-0.39, 0.29) is 5.91 Å². The van der Waals surface area contributed by atoms with Crippen molar-refractivity contribution in [3.8, 4) is 17.4 Å². The van der Waals surface area contributed by atoms with Crippen molar-refractivity contribution in [2.75, 3.05) is 18.6 Å². The van der Waals surface area contributed by atoms with Gasteiger partial charge in [-0.1, -0.05) is 0 Å². The van der Waals surface area contributed by atoms with Crippen molar-refractivity contribution in [1.29, 1.82) is 0 Å². The highest BCUT2D eigenvalue weighted by Gasteiger charge is 2.16. The van der Waals surface area contributed by atoms with E-state index in [0.717, 1.165) is 0 Å². The van der Waals surface area contributed by atoms with Crippen LogP contribution in [0.1, 0.15) is 17.3 Å². The van der Waals surface area contributed by atoms with E-state index in [1.807, 2.05) is 19.1 Å². The minimum atomic E-state index is -0.104. The number of anilines is 1. The third kappa shape index (κ3) is 3.97. The number of carbonyl (C=O) groups is 1. The van der Waals surface area contributed by atoms with Gasteiger partial charge in [-0.25, -0.2) is 4.98 Å². The van der Waals surface area contributed by atoms with Crippen molar-refractivity contribution in [2.45, 2.75) is 6.92 Å². The average molecular weight is 349 g/mol. The van der Waals surface area contributed by atoms with E-state index in [1.165, 1.54) is 0 Å². The molecule has 132 valence electrons. The van der Waals surface area contributed by atoms with Gasteiger partial charge in [0.1, 0.15) is 11.5 Å². The summed E-state index contributed by atoms with van der Waals surface area (Å²) in [6, 6.07) is 14.2. The van der Waals surface area contributed by atoms with Gasteiger partial charge in [-0.05, 0) is 49.4 Å². The summed E-state index contributed by atoms with van der Waals surface area (Å²) < 4.78 is 10.8. The van der Waals surface area contributed by atoms with E-state index in [1.54, 1.807) is 67.0 Å². The fourth-order valence-electron chi connectivity index (χ4n) is 2.46. The Kier molecular flexibility index (Phi) is 5.43. The standard InChI is InChI=1S/C20H19N3O3/c1-3-23(16-8-11-19(25-2)22-13-16)20(24)15-6-9-17(10-7-15)26-18-5-4-12-21-14-18/h4-14H,3H2,1-2H3. The summed E-state index contributed by atoms with van der Waals surface area (Å²) in [5.74, 6) is 1.69. The van der Waals surface area contributed by atoms with Crippen molar-refractivity contribution in [1.82, 2.24) is 9.97 Å². The molecule has 0 aliphatic rings. The summed E-state index contributed by atoms with van der Waals surface area (Å²) in [5, 5.41) is 0. The molecule has 3 rings (SSSR count). The number of pyridine rings is 2. The SMILES string of the molecule is CCN(C(=O)c1ccc(Oc2cccnc2)cc1)c1ccc(OC)nc1. The molecule has 0 fully saturated rings. The Balaban J connectivity index is 1.75. The smallest absolute Gasteiger partial charge is 0.258 e. The molecule has 0 radical (unpaired) electrons. The Morgan fingerprint density at radius 2 is 1.85 bits per heavy atom. The molecule has 0 spiro atoms. The highest BCUT2D eigenvalue weighted by Crippen LogP contribution is 2.23. The number of amides is 1. The van der Waals surface area contributed by atoms with Crippen LogP contribution in [0.2, 0.25) is 0 Å². The van der Waals surface area contributed by atoms with Gasteiger partial charge in [-0.3, -0.25) is 9.78 Å². The van der Waals surface area contributed by atoms with Crippen molar-refractivity contribution in [3.05, 3.63) is 72.7 Å². The molecule has 2 aromatic heterocycles. The van der Waals surface area contributed by atoms with Crippen molar-refractivity contribution >= 4 is 11.6 Å². The number of hydrogen-bond acceptors (Lipinski definition) is 5. The fourth-order valence-corrected chi connectivity index (χ4v) is 2.46. The lowest BCUT2D eigenvalue weighted by Crippen LogP contribution is -2.30. The predicted molar refractivity (Wildman–Crippen MR) is 98.9 cm³/mol. The van der Waals surface area contributed by atoms with Gasteiger partial charge < -0.3 is 14.4 Å². The average Bonchev–Trinajstić information content (AvgIpc) is 2.70. The molecule has 0 saturated carbocycles. The summed E-state index contributed by atoms with van der Waals surface area (Å²) in [6.07, 6.45) is 4.94. The van der Waals surface area contributed by atoms with Gasteiger partial charge in [0.05, 0.1) is 25.2 Å². The first kappa shape index (κ1) is 17.4. The van der Waals surface area contributed by atoms with Crippen LogP contribution in [0.25, 0.3) is 0 Å². The van der Waals surface area contributed by atoms with Crippen LogP contribution < -0.4 is 14.4 Å². The number of ether oxygens (including phenoxy) is 2. The van der Waals surface area contributed by atoms with Gasteiger partial charge in [0.25, 0.3) is 5.91 Å². The molecule has 1 aromatic carbocycles. The van der Waals surface area contributed by atoms with Crippen LogP contribution in [0.3, 0.4) is 0 Å². The van der Waals surface area contributed by atoms with E-state index in [4.69, 9.17) is 9.47 Å². The molecule has 0 N–H and O–H groups in total. The molecule has 0 atom stereocenters. The maximum absolute atomic E-state index is 12.8. The van der Waals surface area contributed by atoms with E-state index >= 15 is 0 Å². The molecule has 0 aliphatic heterocycles. The van der Waals surface area contributed by atoms with Gasteiger partial charge in [-0.15, -0.1) is 0 Å². The summed E-state index contributed by atoms with van der Waals surface area (Å²) in [5.41, 5.74) is 1.29. The lowest BCUT2D eigenvalue weighted by Gasteiger charge is -2.21. The third-order valence-corrected chi connectivity index (χ3v) is 3.77. The zero-order chi connectivity index (χ0) is 18.4. The van der Waals surface area contributed by atoms with Crippen LogP contribution in [0, 0.1) is 0 Å². The molecule has 0 bridgehead atoms. The summed E-state index contributed by atoms with van der Waals surface area (Å²) in [7, 11) is 1.56. The number of carbonyl (C=O) groups excluding carboxylic acids is 1. The molecule has 2 heterocycles. The maximum Gasteiger partial charge on any atom is 0.258 e. The molecule has 6 heteroatoms. The Bertz CT molecular complexity index is 850. The molecule has 1 amide bonds. The largest absolute Gasteiger partial charge is 0.481 e. The van der Waals surface area contributed by atoms with E-state index in [0.29, 0.717) is 35.2 Å². The van der Waals surface area contributed by atoms with Crippen molar-refractivity contribution in [3.63, 3.8) is 0 Å². The first-order valence-corrected chi connectivity index (χ1v) is 8.21. The van der Waals surface area contributed by atoms with E-state index < -0.39 is 0 Å². The predicted octanol–water partition coefficient (Wildman–Crippen LogP) is 3.94. The van der Waals surface area contributed by atoms with Crippen LogP contribution in [0.4, 0.5) is 5.69 Å². The van der Waals surface area contributed by atoms with E-state index in [9.17, 15) is 4.79 Å². The van der Waals surface area contributed by atoms with Crippen LogP contribution in [0.5, 0.6) is 17.4 Å². The Hall–Kier alpha value is -3.41. The number of nitrogens with zero attached hydrogens (tertiary/aromatic N) is 3. The number of aromatic nitrogens is 2. The van der Waals surface area contributed by atoms with Crippen molar-refractivity contribution in [2.24, 2.45) is 0 Å². The van der Waals surface area contributed by atoms with Gasteiger partial charge in [0.15, 0.2) is 0 Å².